The van der Waals surface area contributed by atoms with E-state index in [1.165, 1.54) is 0 Å². The highest BCUT2D eigenvalue weighted by Gasteiger charge is 1.98. The molecule has 1 heterocycles. The van der Waals surface area contributed by atoms with Gasteiger partial charge >= 0.3 is 0 Å². The molecule has 0 aliphatic heterocycles. The van der Waals surface area contributed by atoms with E-state index in [0.717, 1.165) is 0 Å². The van der Waals surface area contributed by atoms with E-state index in [-0.39, 0.29) is 6.61 Å². The fourth-order valence-electron chi connectivity index (χ4n) is 0.587. The van der Waals surface area contributed by atoms with Crippen molar-refractivity contribution in [2.75, 3.05) is 6.61 Å². The first-order valence-corrected chi connectivity index (χ1v) is 3.58. The van der Waals surface area contributed by atoms with Gasteiger partial charge in [-0.3, -0.25) is 0 Å². The van der Waals surface area contributed by atoms with Crippen LogP contribution in [0.1, 0.15) is 0 Å². The van der Waals surface area contributed by atoms with E-state index in [1.807, 2.05) is 0 Å². The summed E-state index contributed by atoms with van der Waals surface area (Å²) >= 11 is 5.23. The average molecular weight is 174 g/mol. The van der Waals surface area contributed by atoms with Crippen LogP contribution in [0.2, 0.25) is 0 Å². The summed E-state index contributed by atoms with van der Waals surface area (Å²) in [5.74, 6) is 0.465. The van der Waals surface area contributed by atoms with Crippen LogP contribution in [-0.4, -0.2) is 22.3 Å². The van der Waals surface area contributed by atoms with E-state index < -0.39 is 5.56 Å². The average Bonchev–Trinajstić information content (AvgIpc) is 2.03. The molecule has 60 valence electrons. The maximum atomic E-state index is 8.63. The number of aliphatic hydroxyl groups is 1. The monoisotopic (exact) mass is 173 g/mol. The zero-order chi connectivity index (χ0) is 8.10. The van der Waals surface area contributed by atoms with Gasteiger partial charge in [-0.15, -0.1) is 0 Å². The lowest BCUT2D eigenvalue weighted by Crippen LogP contribution is -2.10. The summed E-state index contributed by atoms with van der Waals surface area (Å²) in [5, 5.41) is 8.63. The summed E-state index contributed by atoms with van der Waals surface area (Å²) in [6, 6.07) is 5.27. The summed E-state index contributed by atoms with van der Waals surface area (Å²) in [6.45, 7) is 0.0541. The van der Waals surface area contributed by atoms with Crippen LogP contribution in [0.4, 0.5) is 0 Å². The number of nitrogens with zero attached hydrogens (tertiary/aromatic N) is 1. The van der Waals surface area contributed by atoms with Crippen LogP contribution in [0, 0.1) is 0 Å². The van der Waals surface area contributed by atoms with E-state index in [4.69, 9.17) is 21.4 Å². The first kappa shape index (κ1) is 8.30. The molecular weight excluding hydrogens is 166 g/mol. The number of hydrogen-bond donors (Lipinski definition) is 1. The topological polar surface area (TPSA) is 42.4 Å². The summed E-state index contributed by atoms with van der Waals surface area (Å²) in [6.07, 6.45) is 1.61. The number of alkyl halides is 1. The zero-order valence-corrected chi connectivity index (χ0v) is 6.53. The SMILES string of the molecule is OC(Cl)COc1ccccn1. The summed E-state index contributed by atoms with van der Waals surface area (Å²) in [7, 11) is 0. The number of halogens is 1. The number of aliphatic hydroxyl groups excluding tert-OH is 1. The second-order valence-corrected chi connectivity index (χ2v) is 2.42. The van der Waals surface area contributed by atoms with E-state index in [2.05, 4.69) is 4.98 Å². The van der Waals surface area contributed by atoms with Gasteiger partial charge in [-0.1, -0.05) is 17.7 Å². The Balaban J connectivity index is 2.39. The molecule has 0 saturated carbocycles. The highest BCUT2D eigenvalue weighted by atomic mass is 35.5. The van der Waals surface area contributed by atoms with E-state index >= 15 is 0 Å². The van der Waals surface area contributed by atoms with Gasteiger partial charge in [0.05, 0.1) is 0 Å². The maximum Gasteiger partial charge on any atom is 0.213 e. The third kappa shape index (κ3) is 3.20. The van der Waals surface area contributed by atoms with Gasteiger partial charge in [0.15, 0.2) is 5.56 Å². The van der Waals surface area contributed by atoms with Gasteiger partial charge in [-0.05, 0) is 6.07 Å². The zero-order valence-electron chi connectivity index (χ0n) is 5.77. The predicted molar refractivity (Wildman–Crippen MR) is 41.6 cm³/mol. The number of hydrogen-bond acceptors (Lipinski definition) is 3. The Kier molecular flexibility index (Phi) is 3.14. The largest absolute Gasteiger partial charge is 0.474 e. The Morgan fingerprint density at radius 2 is 2.45 bits per heavy atom. The molecule has 0 aromatic carbocycles. The summed E-state index contributed by atoms with van der Waals surface area (Å²) in [5.41, 5.74) is -0.975. The molecule has 1 N–H and O–H groups in total. The van der Waals surface area contributed by atoms with Crippen LogP contribution in [0.5, 0.6) is 5.88 Å². The van der Waals surface area contributed by atoms with Crippen LogP contribution in [-0.2, 0) is 0 Å². The molecule has 0 saturated heterocycles. The normalized spacial score (nSPS) is 12.5. The Labute approximate surface area is 69.6 Å². The van der Waals surface area contributed by atoms with Crippen LogP contribution in [0.3, 0.4) is 0 Å². The van der Waals surface area contributed by atoms with Crippen molar-refractivity contribution < 1.29 is 9.84 Å². The fourth-order valence-corrected chi connectivity index (χ4v) is 0.650. The van der Waals surface area contributed by atoms with Gasteiger partial charge in [0, 0.05) is 12.3 Å². The Bertz CT molecular complexity index is 203. The third-order valence-corrected chi connectivity index (χ3v) is 1.13. The molecular formula is C7H8ClNO2. The molecule has 1 aromatic heterocycles. The molecule has 11 heavy (non-hydrogen) atoms. The van der Waals surface area contributed by atoms with Crippen LogP contribution < -0.4 is 4.74 Å². The lowest BCUT2D eigenvalue weighted by atomic mass is 10.5. The van der Waals surface area contributed by atoms with Gasteiger partial charge in [0.1, 0.15) is 6.61 Å². The van der Waals surface area contributed by atoms with Crippen molar-refractivity contribution in [2.45, 2.75) is 5.56 Å². The third-order valence-electron chi connectivity index (χ3n) is 1.01. The second-order valence-electron chi connectivity index (χ2n) is 1.91. The molecule has 1 aromatic rings. The lowest BCUT2D eigenvalue weighted by Gasteiger charge is -2.04. The lowest BCUT2D eigenvalue weighted by molar-refractivity contribution is 0.165. The molecule has 0 bridgehead atoms. The molecule has 1 rings (SSSR count). The second kappa shape index (κ2) is 4.16. The smallest absolute Gasteiger partial charge is 0.213 e. The first-order valence-electron chi connectivity index (χ1n) is 3.15. The summed E-state index contributed by atoms with van der Waals surface area (Å²) in [4.78, 5) is 3.86. The van der Waals surface area contributed by atoms with Gasteiger partial charge in [0.25, 0.3) is 0 Å². The molecule has 0 fully saturated rings. The first-order chi connectivity index (χ1) is 5.29. The number of rotatable bonds is 3. The molecule has 0 amide bonds. The molecule has 0 aliphatic carbocycles. The summed E-state index contributed by atoms with van der Waals surface area (Å²) < 4.78 is 4.97. The van der Waals surface area contributed by atoms with Crippen LogP contribution in [0.15, 0.2) is 24.4 Å². The van der Waals surface area contributed by atoms with Crippen molar-refractivity contribution in [3.8, 4) is 5.88 Å². The van der Waals surface area contributed by atoms with Crippen molar-refractivity contribution >= 4 is 11.6 Å². The van der Waals surface area contributed by atoms with E-state index in [1.54, 1.807) is 24.4 Å². The van der Waals surface area contributed by atoms with Gasteiger partial charge in [0.2, 0.25) is 5.88 Å². The van der Waals surface area contributed by atoms with Crippen molar-refractivity contribution in [1.82, 2.24) is 4.98 Å². The molecule has 0 spiro atoms. The van der Waals surface area contributed by atoms with Gasteiger partial charge in [-0.25, -0.2) is 4.98 Å². The van der Waals surface area contributed by atoms with Crippen molar-refractivity contribution in [3.63, 3.8) is 0 Å². The van der Waals surface area contributed by atoms with Crippen molar-refractivity contribution in [2.24, 2.45) is 0 Å². The minimum Gasteiger partial charge on any atom is -0.474 e. The highest BCUT2D eigenvalue weighted by Crippen LogP contribution is 2.04. The standard InChI is InChI=1S/C7H8ClNO2/c8-6(10)5-11-7-3-1-2-4-9-7/h1-4,6,10H,5H2. The van der Waals surface area contributed by atoms with Crippen LogP contribution in [0.25, 0.3) is 0 Å². The number of pyridine rings is 1. The molecule has 1 unspecified atom stereocenters. The molecule has 1 atom stereocenters. The van der Waals surface area contributed by atoms with Gasteiger partial charge < -0.3 is 9.84 Å². The predicted octanol–water partition coefficient (Wildman–Crippen LogP) is 1.02. The van der Waals surface area contributed by atoms with E-state index in [0.29, 0.717) is 5.88 Å². The Morgan fingerprint density at radius 1 is 1.64 bits per heavy atom. The molecule has 0 aliphatic rings. The molecule has 4 heteroatoms. The minimum atomic E-state index is -0.975. The van der Waals surface area contributed by atoms with E-state index in [9.17, 15) is 0 Å². The molecule has 3 nitrogen and oxygen atoms in total. The fraction of sp³-hybridized carbons (Fsp3) is 0.286. The minimum absolute atomic E-state index is 0.0541. The Hall–Kier alpha value is -0.800. The number of aromatic nitrogens is 1. The highest BCUT2D eigenvalue weighted by molar-refractivity contribution is 6.19. The molecule has 0 radical (unpaired) electrons. The van der Waals surface area contributed by atoms with Crippen molar-refractivity contribution in [3.05, 3.63) is 24.4 Å². The maximum absolute atomic E-state index is 8.63. The quantitative estimate of drug-likeness (QED) is 0.694. The van der Waals surface area contributed by atoms with Crippen LogP contribution >= 0.6 is 11.6 Å². The van der Waals surface area contributed by atoms with Gasteiger partial charge in [-0.2, -0.15) is 0 Å². The number of ether oxygens (including phenoxy) is 1. The Morgan fingerprint density at radius 3 is 3.00 bits per heavy atom. The van der Waals surface area contributed by atoms with Crippen molar-refractivity contribution in [1.29, 1.82) is 0 Å².